The zero-order valence-electron chi connectivity index (χ0n) is 6.58. The molecule has 0 bridgehead atoms. The molecule has 1 aliphatic rings. The van der Waals surface area contributed by atoms with Gasteiger partial charge < -0.3 is 9.64 Å². The zero-order chi connectivity index (χ0) is 7.40. The van der Waals surface area contributed by atoms with Gasteiger partial charge in [-0.1, -0.05) is 6.58 Å². The largest absolute Gasteiger partial charge is 0.378 e. The Bertz CT molecular complexity index is 143. The summed E-state index contributed by atoms with van der Waals surface area (Å²) in [5, 5.41) is 0. The van der Waals surface area contributed by atoms with Gasteiger partial charge in [-0.15, -0.1) is 0 Å². The van der Waals surface area contributed by atoms with E-state index < -0.39 is 0 Å². The van der Waals surface area contributed by atoms with Crippen LogP contribution in [0.1, 0.15) is 0 Å². The van der Waals surface area contributed by atoms with Crippen molar-refractivity contribution in [1.82, 2.24) is 4.90 Å². The van der Waals surface area contributed by atoms with Crippen LogP contribution in [-0.4, -0.2) is 37.1 Å². The Labute approximate surface area is 70.0 Å². The van der Waals surface area contributed by atoms with E-state index in [1.165, 1.54) is 6.08 Å². The lowest BCUT2D eigenvalue weighted by molar-refractivity contribution is -0.129. The number of rotatable bonds is 1. The molecule has 0 aromatic heterocycles. The summed E-state index contributed by atoms with van der Waals surface area (Å²) in [5.41, 5.74) is 0. The quantitative estimate of drug-likeness (QED) is 0.417. The lowest BCUT2D eigenvalue weighted by Gasteiger charge is -2.25. The molecule has 0 aromatic rings. The van der Waals surface area contributed by atoms with Crippen molar-refractivity contribution in [3.63, 3.8) is 0 Å². The van der Waals surface area contributed by atoms with E-state index >= 15 is 0 Å². The van der Waals surface area contributed by atoms with E-state index in [9.17, 15) is 4.79 Å². The number of hydrogen-bond acceptors (Lipinski definition) is 2. The molecule has 0 N–H and O–H groups in total. The molecule has 11 heavy (non-hydrogen) atoms. The maximum Gasteiger partial charge on any atom is 0.246 e. The first-order valence-corrected chi connectivity index (χ1v) is 3.33. The third-order valence-electron chi connectivity index (χ3n) is 1.50. The standard InChI is InChI=1S/C7H11NO2.H3P/c1-2-7(9)8-3-5-10-6-4-8;/h2H,1,3-6H2;1H3. The summed E-state index contributed by atoms with van der Waals surface area (Å²) >= 11 is 0. The molecule has 1 fully saturated rings. The summed E-state index contributed by atoms with van der Waals surface area (Å²) < 4.78 is 5.07. The average molecular weight is 175 g/mol. The molecule has 64 valence electrons. The summed E-state index contributed by atoms with van der Waals surface area (Å²) in [7, 11) is 0. The topological polar surface area (TPSA) is 29.5 Å². The second kappa shape index (κ2) is 5.28. The van der Waals surface area contributed by atoms with E-state index in [0.29, 0.717) is 26.3 Å². The van der Waals surface area contributed by atoms with Crippen LogP contribution >= 0.6 is 9.90 Å². The van der Waals surface area contributed by atoms with Crippen molar-refractivity contribution in [3.8, 4) is 0 Å². The van der Waals surface area contributed by atoms with Crippen LogP contribution in [0.15, 0.2) is 12.7 Å². The first-order chi connectivity index (χ1) is 4.84. The van der Waals surface area contributed by atoms with Crippen molar-refractivity contribution in [1.29, 1.82) is 0 Å². The van der Waals surface area contributed by atoms with E-state index in [4.69, 9.17) is 4.74 Å². The van der Waals surface area contributed by atoms with E-state index in [2.05, 4.69) is 6.58 Å². The fourth-order valence-electron chi connectivity index (χ4n) is 0.913. The third-order valence-corrected chi connectivity index (χ3v) is 1.50. The van der Waals surface area contributed by atoms with Crippen LogP contribution in [0.25, 0.3) is 0 Å². The fourth-order valence-corrected chi connectivity index (χ4v) is 0.913. The van der Waals surface area contributed by atoms with Gasteiger partial charge in [-0.05, 0) is 6.08 Å². The van der Waals surface area contributed by atoms with Crippen molar-refractivity contribution in [2.75, 3.05) is 26.3 Å². The van der Waals surface area contributed by atoms with Crippen molar-refractivity contribution in [2.45, 2.75) is 0 Å². The van der Waals surface area contributed by atoms with Crippen LogP contribution in [0.4, 0.5) is 0 Å². The Kier molecular flexibility index (Phi) is 5.08. The minimum atomic E-state index is 0. The van der Waals surface area contributed by atoms with Gasteiger partial charge in [-0.25, -0.2) is 0 Å². The first kappa shape index (κ1) is 10.6. The van der Waals surface area contributed by atoms with E-state index in [-0.39, 0.29) is 15.8 Å². The normalized spacial score (nSPS) is 16.9. The fraction of sp³-hybridized carbons (Fsp3) is 0.571. The highest BCUT2D eigenvalue weighted by Gasteiger charge is 2.12. The average Bonchev–Trinajstić information content (AvgIpc) is 2.05. The van der Waals surface area contributed by atoms with Gasteiger partial charge >= 0.3 is 0 Å². The molecule has 0 saturated carbocycles. The van der Waals surface area contributed by atoms with Gasteiger partial charge in [0.05, 0.1) is 13.2 Å². The van der Waals surface area contributed by atoms with Gasteiger partial charge in [0.2, 0.25) is 5.91 Å². The van der Waals surface area contributed by atoms with Crippen LogP contribution in [0.2, 0.25) is 0 Å². The number of carbonyl (C=O) groups is 1. The molecule has 1 rings (SSSR count). The van der Waals surface area contributed by atoms with Crippen molar-refractivity contribution >= 4 is 15.8 Å². The third kappa shape index (κ3) is 3.00. The summed E-state index contributed by atoms with van der Waals surface area (Å²) in [4.78, 5) is 12.7. The molecule has 1 heterocycles. The highest BCUT2D eigenvalue weighted by Crippen LogP contribution is 1.96. The molecule has 3 nitrogen and oxygen atoms in total. The molecule has 4 heteroatoms. The number of hydrogen-bond donors (Lipinski definition) is 0. The predicted octanol–water partition coefficient (Wildman–Crippen LogP) is 0.0893. The van der Waals surface area contributed by atoms with Gasteiger partial charge in [0.15, 0.2) is 0 Å². The Balaban J connectivity index is 0.000001000. The molecule has 0 spiro atoms. The number of amides is 1. The number of ether oxygens (including phenoxy) is 1. The van der Waals surface area contributed by atoms with Crippen LogP contribution in [0.3, 0.4) is 0 Å². The Morgan fingerprint density at radius 3 is 2.45 bits per heavy atom. The van der Waals surface area contributed by atoms with Gasteiger partial charge in [-0.3, -0.25) is 4.79 Å². The van der Waals surface area contributed by atoms with Gasteiger partial charge in [0.1, 0.15) is 0 Å². The molecular formula is C7H14NO2P. The highest BCUT2D eigenvalue weighted by molar-refractivity contribution is 6.92. The molecule has 1 atom stereocenters. The van der Waals surface area contributed by atoms with E-state index in [0.717, 1.165) is 0 Å². The first-order valence-electron chi connectivity index (χ1n) is 3.33. The summed E-state index contributed by atoms with van der Waals surface area (Å²) in [6, 6.07) is 0. The lowest BCUT2D eigenvalue weighted by atomic mass is 10.4. The van der Waals surface area contributed by atoms with Crippen LogP contribution in [-0.2, 0) is 9.53 Å². The van der Waals surface area contributed by atoms with Crippen LogP contribution in [0, 0.1) is 0 Å². The Morgan fingerprint density at radius 1 is 1.45 bits per heavy atom. The molecule has 1 saturated heterocycles. The second-order valence-electron chi connectivity index (χ2n) is 2.14. The van der Waals surface area contributed by atoms with Crippen LogP contribution < -0.4 is 0 Å². The van der Waals surface area contributed by atoms with Gasteiger partial charge in [0, 0.05) is 13.1 Å². The molecule has 1 amide bonds. The Hall–Kier alpha value is -0.400. The monoisotopic (exact) mass is 175 g/mol. The van der Waals surface area contributed by atoms with Crippen molar-refractivity contribution in [2.24, 2.45) is 0 Å². The number of carbonyl (C=O) groups excluding carboxylic acids is 1. The van der Waals surface area contributed by atoms with E-state index in [1.807, 2.05) is 0 Å². The lowest BCUT2D eigenvalue weighted by Crippen LogP contribution is -2.39. The second-order valence-corrected chi connectivity index (χ2v) is 2.14. The molecule has 1 aliphatic heterocycles. The summed E-state index contributed by atoms with van der Waals surface area (Å²) in [6.07, 6.45) is 1.34. The Morgan fingerprint density at radius 2 is 2.00 bits per heavy atom. The van der Waals surface area contributed by atoms with Gasteiger partial charge in [0.25, 0.3) is 0 Å². The molecule has 0 aromatic carbocycles. The number of nitrogens with zero attached hydrogens (tertiary/aromatic N) is 1. The predicted molar refractivity (Wildman–Crippen MR) is 48.7 cm³/mol. The maximum absolute atomic E-state index is 10.9. The zero-order valence-corrected chi connectivity index (χ0v) is 8.00. The van der Waals surface area contributed by atoms with E-state index in [1.54, 1.807) is 4.90 Å². The molecule has 0 aliphatic carbocycles. The van der Waals surface area contributed by atoms with Crippen molar-refractivity contribution < 1.29 is 9.53 Å². The summed E-state index contributed by atoms with van der Waals surface area (Å²) in [5.74, 6) is 0.00306. The SMILES string of the molecule is C=CC(=O)N1CCOCC1.P. The molecular weight excluding hydrogens is 161 g/mol. The smallest absolute Gasteiger partial charge is 0.246 e. The van der Waals surface area contributed by atoms with Crippen molar-refractivity contribution in [3.05, 3.63) is 12.7 Å². The molecule has 0 radical (unpaired) electrons. The maximum atomic E-state index is 10.9. The minimum absolute atomic E-state index is 0. The number of morpholine rings is 1. The van der Waals surface area contributed by atoms with Gasteiger partial charge in [-0.2, -0.15) is 9.90 Å². The highest BCUT2D eigenvalue weighted by atomic mass is 31.0. The minimum Gasteiger partial charge on any atom is -0.378 e. The summed E-state index contributed by atoms with van der Waals surface area (Å²) in [6.45, 7) is 6.11. The molecule has 1 unspecified atom stereocenters. The van der Waals surface area contributed by atoms with Crippen LogP contribution in [0.5, 0.6) is 0 Å².